The first-order valence-corrected chi connectivity index (χ1v) is 5.43. The van der Waals surface area contributed by atoms with Crippen LogP contribution in [0.1, 0.15) is 0 Å². The van der Waals surface area contributed by atoms with Crippen LogP contribution in [0.4, 0.5) is 5.82 Å². The Morgan fingerprint density at radius 3 is 2.29 bits per heavy atom. The third-order valence-electron chi connectivity index (χ3n) is 1.77. The van der Waals surface area contributed by atoms with E-state index in [9.17, 15) is 0 Å². The molecule has 0 spiro atoms. The third kappa shape index (κ3) is 1.69. The SMILES string of the molecule is Nc1noc(-c2ccc(Br)cc2)c1Br. The summed E-state index contributed by atoms with van der Waals surface area (Å²) in [6.07, 6.45) is 0. The van der Waals surface area contributed by atoms with Gasteiger partial charge in [-0.2, -0.15) is 0 Å². The molecule has 2 N–H and O–H groups in total. The zero-order valence-electron chi connectivity index (χ0n) is 7.00. The van der Waals surface area contributed by atoms with Gasteiger partial charge >= 0.3 is 0 Å². The van der Waals surface area contributed by atoms with Gasteiger partial charge in [-0.05, 0) is 40.2 Å². The van der Waals surface area contributed by atoms with Crippen molar-refractivity contribution in [2.24, 2.45) is 0 Å². The Balaban J connectivity index is 2.49. The van der Waals surface area contributed by atoms with E-state index in [-0.39, 0.29) is 0 Å². The van der Waals surface area contributed by atoms with Gasteiger partial charge in [-0.25, -0.2) is 0 Å². The largest absolute Gasteiger partial charge is 0.380 e. The number of rotatable bonds is 1. The van der Waals surface area contributed by atoms with Crippen molar-refractivity contribution in [2.75, 3.05) is 5.73 Å². The number of hydrogen-bond donors (Lipinski definition) is 1. The van der Waals surface area contributed by atoms with Crippen molar-refractivity contribution >= 4 is 37.7 Å². The molecule has 0 aliphatic carbocycles. The molecule has 2 aromatic rings. The second-order valence-corrected chi connectivity index (χ2v) is 4.43. The number of aromatic nitrogens is 1. The van der Waals surface area contributed by atoms with Crippen molar-refractivity contribution in [2.45, 2.75) is 0 Å². The summed E-state index contributed by atoms with van der Waals surface area (Å²) in [5.74, 6) is 1.01. The summed E-state index contributed by atoms with van der Waals surface area (Å²) in [7, 11) is 0. The Morgan fingerprint density at radius 2 is 1.79 bits per heavy atom. The highest BCUT2D eigenvalue weighted by atomic mass is 79.9. The number of benzene rings is 1. The first-order valence-electron chi connectivity index (χ1n) is 3.85. The van der Waals surface area contributed by atoms with Crippen LogP contribution in [-0.2, 0) is 0 Å². The van der Waals surface area contributed by atoms with Gasteiger partial charge in [0, 0.05) is 10.0 Å². The number of halogens is 2. The van der Waals surface area contributed by atoms with Crippen LogP contribution in [-0.4, -0.2) is 5.16 Å². The molecule has 0 aliphatic rings. The Morgan fingerprint density at radius 1 is 1.14 bits per heavy atom. The highest BCUT2D eigenvalue weighted by molar-refractivity contribution is 9.11. The van der Waals surface area contributed by atoms with Crippen molar-refractivity contribution < 1.29 is 4.52 Å². The monoisotopic (exact) mass is 316 g/mol. The van der Waals surface area contributed by atoms with E-state index in [2.05, 4.69) is 37.0 Å². The normalized spacial score (nSPS) is 10.4. The van der Waals surface area contributed by atoms with E-state index in [1.54, 1.807) is 0 Å². The Kier molecular flexibility index (Phi) is 2.60. The average molecular weight is 318 g/mol. The van der Waals surface area contributed by atoms with Crippen molar-refractivity contribution in [1.29, 1.82) is 0 Å². The maximum absolute atomic E-state index is 5.55. The van der Waals surface area contributed by atoms with E-state index < -0.39 is 0 Å². The van der Waals surface area contributed by atoms with Crippen LogP contribution in [0.3, 0.4) is 0 Å². The van der Waals surface area contributed by atoms with Crippen LogP contribution >= 0.6 is 31.9 Å². The van der Waals surface area contributed by atoms with Crippen LogP contribution in [0.5, 0.6) is 0 Å². The molecule has 0 unspecified atom stereocenters. The molecular weight excluding hydrogens is 312 g/mol. The molecule has 2 rings (SSSR count). The van der Waals surface area contributed by atoms with Gasteiger partial charge in [0.15, 0.2) is 11.6 Å². The summed E-state index contributed by atoms with van der Waals surface area (Å²) in [5.41, 5.74) is 6.48. The Bertz CT molecular complexity index is 450. The van der Waals surface area contributed by atoms with Gasteiger partial charge in [0.1, 0.15) is 4.47 Å². The second-order valence-electron chi connectivity index (χ2n) is 2.72. The zero-order valence-corrected chi connectivity index (χ0v) is 10.2. The number of anilines is 1. The first kappa shape index (κ1) is 9.73. The molecule has 0 radical (unpaired) electrons. The minimum absolute atomic E-state index is 0.364. The van der Waals surface area contributed by atoms with Crippen LogP contribution in [0, 0.1) is 0 Å². The van der Waals surface area contributed by atoms with Gasteiger partial charge in [-0.15, -0.1) is 0 Å². The molecule has 1 aromatic heterocycles. The molecule has 0 fully saturated rings. The smallest absolute Gasteiger partial charge is 0.183 e. The average Bonchev–Trinajstić information content (AvgIpc) is 2.50. The van der Waals surface area contributed by atoms with Gasteiger partial charge in [0.25, 0.3) is 0 Å². The van der Waals surface area contributed by atoms with Gasteiger partial charge in [-0.3, -0.25) is 0 Å². The maximum Gasteiger partial charge on any atom is 0.183 e. The van der Waals surface area contributed by atoms with Crippen LogP contribution in [0.25, 0.3) is 11.3 Å². The predicted octanol–water partition coefficient (Wildman–Crippen LogP) is 3.45. The standard InChI is InChI=1S/C9H6Br2N2O/c10-6-3-1-5(2-4-6)8-7(11)9(12)13-14-8/h1-4H,(H2,12,13). The molecule has 72 valence electrons. The molecule has 1 aromatic carbocycles. The lowest BCUT2D eigenvalue weighted by Crippen LogP contribution is -1.83. The summed E-state index contributed by atoms with van der Waals surface area (Å²) < 4.78 is 6.80. The van der Waals surface area contributed by atoms with E-state index >= 15 is 0 Å². The van der Waals surface area contributed by atoms with Crippen molar-refractivity contribution in [3.63, 3.8) is 0 Å². The molecule has 0 saturated heterocycles. The molecule has 0 bridgehead atoms. The molecule has 14 heavy (non-hydrogen) atoms. The lowest BCUT2D eigenvalue weighted by atomic mass is 10.2. The highest BCUT2D eigenvalue weighted by Crippen LogP contribution is 2.32. The number of nitrogens with zero attached hydrogens (tertiary/aromatic N) is 1. The predicted molar refractivity (Wildman–Crippen MR) is 61.8 cm³/mol. The molecular formula is C9H6Br2N2O. The lowest BCUT2D eigenvalue weighted by Gasteiger charge is -1.96. The van der Waals surface area contributed by atoms with E-state index in [0.29, 0.717) is 16.1 Å². The van der Waals surface area contributed by atoms with Crippen molar-refractivity contribution in [1.82, 2.24) is 5.16 Å². The summed E-state index contributed by atoms with van der Waals surface area (Å²) in [6, 6.07) is 7.71. The van der Waals surface area contributed by atoms with E-state index in [4.69, 9.17) is 10.3 Å². The number of nitrogen functional groups attached to an aromatic ring is 1. The minimum Gasteiger partial charge on any atom is -0.380 e. The summed E-state index contributed by atoms with van der Waals surface area (Å²) >= 11 is 6.67. The maximum atomic E-state index is 5.55. The van der Waals surface area contributed by atoms with E-state index in [1.165, 1.54) is 0 Å². The van der Waals surface area contributed by atoms with Crippen molar-refractivity contribution in [3.05, 3.63) is 33.2 Å². The molecule has 3 nitrogen and oxygen atoms in total. The quantitative estimate of drug-likeness (QED) is 0.876. The minimum atomic E-state index is 0.364. The fraction of sp³-hybridized carbons (Fsp3) is 0. The van der Waals surface area contributed by atoms with Crippen LogP contribution in [0.15, 0.2) is 37.7 Å². The number of nitrogens with two attached hydrogens (primary N) is 1. The molecule has 1 heterocycles. The summed E-state index contributed by atoms with van der Waals surface area (Å²) in [5, 5.41) is 3.66. The Labute approximate surface area is 97.5 Å². The summed E-state index contributed by atoms with van der Waals surface area (Å²) in [4.78, 5) is 0. The Hall–Kier alpha value is -0.810. The molecule has 0 amide bonds. The molecule has 5 heteroatoms. The van der Waals surface area contributed by atoms with Gasteiger partial charge in [-0.1, -0.05) is 21.1 Å². The van der Waals surface area contributed by atoms with E-state index in [0.717, 1.165) is 10.0 Å². The van der Waals surface area contributed by atoms with Crippen molar-refractivity contribution in [3.8, 4) is 11.3 Å². The van der Waals surface area contributed by atoms with E-state index in [1.807, 2.05) is 24.3 Å². The van der Waals surface area contributed by atoms with Crippen LogP contribution in [0.2, 0.25) is 0 Å². The first-order chi connectivity index (χ1) is 6.68. The lowest BCUT2D eigenvalue weighted by molar-refractivity contribution is 0.435. The fourth-order valence-electron chi connectivity index (χ4n) is 1.07. The van der Waals surface area contributed by atoms with Gasteiger partial charge in [0.05, 0.1) is 0 Å². The fourth-order valence-corrected chi connectivity index (χ4v) is 1.71. The second kappa shape index (κ2) is 3.74. The molecule has 0 saturated carbocycles. The van der Waals surface area contributed by atoms with Gasteiger partial charge in [0.2, 0.25) is 0 Å². The summed E-state index contributed by atoms with van der Waals surface area (Å²) in [6.45, 7) is 0. The molecule has 0 atom stereocenters. The van der Waals surface area contributed by atoms with Crippen LogP contribution < -0.4 is 5.73 Å². The number of hydrogen-bond acceptors (Lipinski definition) is 3. The molecule has 0 aliphatic heterocycles. The topological polar surface area (TPSA) is 52.0 Å². The highest BCUT2D eigenvalue weighted by Gasteiger charge is 2.12. The van der Waals surface area contributed by atoms with Gasteiger partial charge < -0.3 is 10.3 Å². The third-order valence-corrected chi connectivity index (χ3v) is 3.06. The zero-order chi connectivity index (χ0) is 10.1.